The van der Waals surface area contributed by atoms with Gasteiger partial charge in [-0.2, -0.15) is 0 Å². The van der Waals surface area contributed by atoms with Crippen molar-refractivity contribution in [3.8, 4) is 0 Å². The van der Waals surface area contributed by atoms with Crippen molar-refractivity contribution in [2.45, 2.75) is 13.0 Å². The molecule has 102 valence electrons. The van der Waals surface area contributed by atoms with Crippen LogP contribution in [0.3, 0.4) is 0 Å². The summed E-state index contributed by atoms with van der Waals surface area (Å²) < 4.78 is 11.3. The predicted octanol–water partition coefficient (Wildman–Crippen LogP) is 1.13. The van der Waals surface area contributed by atoms with Crippen LogP contribution >= 0.6 is 0 Å². The molecule has 2 rings (SSSR count). The van der Waals surface area contributed by atoms with Gasteiger partial charge >= 0.3 is 0 Å². The predicted molar refractivity (Wildman–Crippen MR) is 79.2 cm³/mol. The highest BCUT2D eigenvalue weighted by Gasteiger charge is 2.14. The molecule has 0 fully saturated rings. The van der Waals surface area contributed by atoms with Gasteiger partial charge in [-0.1, -0.05) is 12.1 Å². The molecular weight excluding hydrogens is 262 g/mol. The summed E-state index contributed by atoms with van der Waals surface area (Å²) in [7, 11) is 0.954. The van der Waals surface area contributed by atoms with Crippen LogP contribution in [0.1, 0.15) is 6.92 Å². The first-order chi connectivity index (χ1) is 8.99. The molecule has 2 atom stereocenters. The molecule has 1 aromatic heterocycles. The van der Waals surface area contributed by atoms with Crippen molar-refractivity contribution in [3.05, 3.63) is 34.6 Å². The first kappa shape index (κ1) is 13.7. The van der Waals surface area contributed by atoms with E-state index in [1.165, 1.54) is 0 Å². The van der Waals surface area contributed by atoms with E-state index in [0.29, 0.717) is 22.6 Å². The molecule has 0 aliphatic rings. The Bertz CT molecular complexity index is 668. The zero-order valence-electron chi connectivity index (χ0n) is 11.2. The maximum absolute atomic E-state index is 12.0. The van der Waals surface area contributed by atoms with Crippen molar-refractivity contribution in [1.29, 1.82) is 0 Å². The van der Waals surface area contributed by atoms with Crippen molar-refractivity contribution in [2.24, 2.45) is 0 Å². The minimum Gasteiger partial charge on any atom is -0.342 e. The summed E-state index contributed by atoms with van der Waals surface area (Å²) in [6, 6.07) is 7.25. The molecule has 1 heterocycles. The Hall–Kier alpha value is -1.69. The van der Waals surface area contributed by atoms with Crippen molar-refractivity contribution in [1.82, 2.24) is 9.97 Å². The summed E-state index contributed by atoms with van der Waals surface area (Å²) in [5.74, 6) is 1.04. The van der Waals surface area contributed by atoms with Crippen LogP contribution in [0, 0.1) is 0 Å². The molecule has 0 saturated carbocycles. The number of nitrogens with zero attached hydrogens (tertiary/aromatic N) is 2. The average Bonchev–Trinajstić information content (AvgIpc) is 2.37. The Kier molecular flexibility index (Phi) is 3.99. The van der Waals surface area contributed by atoms with Crippen molar-refractivity contribution in [2.75, 3.05) is 24.0 Å². The van der Waals surface area contributed by atoms with Gasteiger partial charge in [0.05, 0.1) is 10.9 Å². The van der Waals surface area contributed by atoms with Gasteiger partial charge in [-0.25, -0.2) is 4.98 Å². The number of fused-ring (bicyclic) bond motifs is 1. The standard InChI is InChI=1S/C13H17N3O2S/c1-9(8-19(3)18)16(2)13-14-11-7-5-4-6-10(11)12(17)15-13/h4-7,9H,8H2,1-3H3,(H,14,15,17)/t9-,19-/m1/s1. The van der Waals surface area contributed by atoms with Crippen LogP contribution in [0.4, 0.5) is 5.95 Å². The molecule has 1 aromatic carbocycles. The number of hydrogen-bond acceptors (Lipinski definition) is 4. The minimum atomic E-state index is -0.884. The molecule has 0 aliphatic carbocycles. The van der Waals surface area contributed by atoms with E-state index < -0.39 is 10.8 Å². The Labute approximate surface area is 114 Å². The molecule has 19 heavy (non-hydrogen) atoms. The van der Waals surface area contributed by atoms with Gasteiger partial charge in [-0.05, 0) is 19.1 Å². The molecular formula is C13H17N3O2S. The molecule has 1 N–H and O–H groups in total. The quantitative estimate of drug-likeness (QED) is 0.911. The highest BCUT2D eigenvalue weighted by atomic mass is 32.2. The lowest BCUT2D eigenvalue weighted by atomic mass is 10.2. The average molecular weight is 279 g/mol. The fraction of sp³-hybridized carbons (Fsp3) is 0.385. The van der Waals surface area contributed by atoms with E-state index in [1.807, 2.05) is 37.1 Å². The Morgan fingerprint density at radius 1 is 1.42 bits per heavy atom. The van der Waals surface area contributed by atoms with Crippen LogP contribution in [0.5, 0.6) is 0 Å². The summed E-state index contributed by atoms with van der Waals surface area (Å²) in [5.41, 5.74) is 0.509. The summed E-state index contributed by atoms with van der Waals surface area (Å²) in [6.45, 7) is 1.95. The molecule has 0 saturated heterocycles. The number of rotatable bonds is 4. The Balaban J connectivity index is 2.40. The summed E-state index contributed by atoms with van der Waals surface area (Å²) >= 11 is 0. The van der Waals surface area contributed by atoms with E-state index in [2.05, 4.69) is 9.97 Å². The fourth-order valence-corrected chi connectivity index (χ4v) is 2.80. The van der Waals surface area contributed by atoms with Crippen LogP contribution in [0.15, 0.2) is 29.1 Å². The second-order valence-electron chi connectivity index (χ2n) is 4.61. The molecule has 0 amide bonds. The number of aromatic nitrogens is 2. The van der Waals surface area contributed by atoms with Crippen LogP contribution in [0.2, 0.25) is 0 Å². The summed E-state index contributed by atoms with van der Waals surface area (Å²) in [5, 5.41) is 0.575. The molecule has 0 unspecified atom stereocenters. The molecule has 0 radical (unpaired) electrons. The lowest BCUT2D eigenvalue weighted by Gasteiger charge is -2.24. The van der Waals surface area contributed by atoms with E-state index >= 15 is 0 Å². The Morgan fingerprint density at radius 3 is 2.79 bits per heavy atom. The fourth-order valence-electron chi connectivity index (χ4n) is 1.90. The minimum absolute atomic E-state index is 0.0372. The zero-order chi connectivity index (χ0) is 14.0. The first-order valence-electron chi connectivity index (χ1n) is 6.01. The Morgan fingerprint density at radius 2 is 2.11 bits per heavy atom. The van der Waals surface area contributed by atoms with Crippen LogP contribution in [0.25, 0.3) is 10.9 Å². The zero-order valence-corrected chi connectivity index (χ0v) is 12.0. The lowest BCUT2D eigenvalue weighted by molar-refractivity contribution is 0.672. The summed E-state index contributed by atoms with van der Waals surface area (Å²) in [6.07, 6.45) is 1.67. The van der Waals surface area contributed by atoms with Crippen LogP contribution in [-0.4, -0.2) is 39.3 Å². The third-order valence-electron chi connectivity index (χ3n) is 3.07. The smallest absolute Gasteiger partial charge is 0.260 e. The second kappa shape index (κ2) is 5.52. The number of nitrogens with one attached hydrogen (secondary N) is 1. The van der Waals surface area contributed by atoms with Gasteiger partial charge in [-0.15, -0.1) is 0 Å². The van der Waals surface area contributed by atoms with Gasteiger partial charge in [0.1, 0.15) is 0 Å². The second-order valence-corrected chi connectivity index (χ2v) is 6.09. The number of hydrogen-bond donors (Lipinski definition) is 1. The van der Waals surface area contributed by atoms with Gasteiger partial charge < -0.3 is 4.90 Å². The van der Waals surface area contributed by atoms with Crippen molar-refractivity contribution in [3.63, 3.8) is 0 Å². The number of H-pyrrole nitrogens is 1. The molecule has 6 heteroatoms. The SMILES string of the molecule is C[C@H](C[S@@](C)=O)N(C)c1nc2ccccc2c(=O)[nH]1. The van der Waals surface area contributed by atoms with Gasteiger partial charge in [0.25, 0.3) is 5.56 Å². The van der Waals surface area contributed by atoms with E-state index in [1.54, 1.807) is 12.3 Å². The number of para-hydroxylation sites is 1. The summed E-state index contributed by atoms with van der Waals surface area (Å²) in [4.78, 5) is 21.0. The highest BCUT2D eigenvalue weighted by molar-refractivity contribution is 7.84. The van der Waals surface area contributed by atoms with E-state index in [9.17, 15) is 9.00 Å². The van der Waals surface area contributed by atoms with Gasteiger partial charge in [0.15, 0.2) is 0 Å². The molecule has 0 bridgehead atoms. The third kappa shape index (κ3) is 3.01. The molecule has 5 nitrogen and oxygen atoms in total. The van der Waals surface area contributed by atoms with Gasteiger partial charge in [0, 0.05) is 35.9 Å². The molecule has 0 spiro atoms. The van der Waals surface area contributed by atoms with Crippen LogP contribution < -0.4 is 10.5 Å². The number of aromatic amines is 1. The van der Waals surface area contributed by atoms with Gasteiger partial charge in [-0.3, -0.25) is 14.0 Å². The largest absolute Gasteiger partial charge is 0.342 e. The van der Waals surface area contributed by atoms with Gasteiger partial charge in [0.2, 0.25) is 5.95 Å². The highest BCUT2D eigenvalue weighted by Crippen LogP contribution is 2.12. The maximum Gasteiger partial charge on any atom is 0.260 e. The van der Waals surface area contributed by atoms with Crippen molar-refractivity contribution < 1.29 is 4.21 Å². The van der Waals surface area contributed by atoms with Crippen molar-refractivity contribution >= 4 is 27.7 Å². The lowest BCUT2D eigenvalue weighted by Crippen LogP contribution is -2.35. The maximum atomic E-state index is 12.0. The molecule has 0 aliphatic heterocycles. The normalized spacial score (nSPS) is 14.3. The topological polar surface area (TPSA) is 66.1 Å². The molecule has 2 aromatic rings. The van der Waals surface area contributed by atoms with E-state index in [0.717, 1.165) is 0 Å². The number of benzene rings is 1. The van der Waals surface area contributed by atoms with Crippen LogP contribution in [-0.2, 0) is 10.8 Å². The monoisotopic (exact) mass is 279 g/mol. The van der Waals surface area contributed by atoms with E-state index in [-0.39, 0.29) is 11.6 Å². The first-order valence-corrected chi connectivity index (χ1v) is 7.73. The van der Waals surface area contributed by atoms with E-state index in [4.69, 9.17) is 0 Å². The third-order valence-corrected chi connectivity index (χ3v) is 4.02. The number of anilines is 1.